The largest absolute Gasteiger partial charge is 0.493 e. The van der Waals surface area contributed by atoms with E-state index in [0.29, 0.717) is 23.5 Å². The predicted octanol–water partition coefficient (Wildman–Crippen LogP) is 3.24. The van der Waals surface area contributed by atoms with Crippen molar-refractivity contribution in [3.05, 3.63) is 24.3 Å². The van der Waals surface area contributed by atoms with Crippen molar-refractivity contribution < 1.29 is 24.8 Å². The van der Waals surface area contributed by atoms with Gasteiger partial charge in [0.1, 0.15) is 5.78 Å². The van der Waals surface area contributed by atoms with Crippen LogP contribution in [0.3, 0.4) is 0 Å². The summed E-state index contributed by atoms with van der Waals surface area (Å²) in [7, 11) is 3.63. The van der Waals surface area contributed by atoms with Crippen molar-refractivity contribution in [2.24, 2.45) is 11.8 Å². The smallest absolute Gasteiger partial charge is 0.206 e. The molecule has 0 amide bonds. The highest BCUT2D eigenvalue weighted by Gasteiger charge is 2.42. The number of fused-ring (bicyclic) bond motifs is 1. The highest BCUT2D eigenvalue weighted by Crippen LogP contribution is 2.38. The van der Waals surface area contributed by atoms with Crippen molar-refractivity contribution in [2.45, 2.75) is 52.2 Å². The number of ketones is 1. The van der Waals surface area contributed by atoms with E-state index in [1.54, 1.807) is 31.2 Å². The van der Waals surface area contributed by atoms with E-state index in [4.69, 9.17) is 9.99 Å². The molecule has 4 atom stereocenters. The number of aliphatic hydroxyl groups excluding tert-OH is 1. The Labute approximate surface area is 156 Å². The van der Waals surface area contributed by atoms with Crippen LogP contribution in [-0.4, -0.2) is 53.9 Å². The normalized spacial score (nSPS) is 27.2. The first-order valence-corrected chi connectivity index (χ1v) is 9.31. The number of carbonyl (C=O) groups is 1. The van der Waals surface area contributed by atoms with Gasteiger partial charge in [0.25, 0.3) is 0 Å². The summed E-state index contributed by atoms with van der Waals surface area (Å²) in [6.45, 7) is 6.72. The Morgan fingerprint density at radius 3 is 2.31 bits per heavy atom. The third kappa shape index (κ3) is 5.69. The molecule has 6 nitrogen and oxygen atoms in total. The van der Waals surface area contributed by atoms with Crippen LogP contribution in [0, 0.1) is 11.8 Å². The van der Waals surface area contributed by atoms with Crippen LogP contribution in [0.1, 0.15) is 40.0 Å². The lowest BCUT2D eigenvalue weighted by Gasteiger charge is -2.36. The molecule has 0 bridgehead atoms. The Morgan fingerprint density at radius 1 is 1.19 bits per heavy atom. The van der Waals surface area contributed by atoms with E-state index in [2.05, 4.69) is 16.8 Å². The number of nitrogens with zero attached hydrogens (tertiary/aromatic N) is 1. The van der Waals surface area contributed by atoms with E-state index >= 15 is 0 Å². The second-order valence-corrected chi connectivity index (χ2v) is 6.59. The minimum Gasteiger partial charge on any atom is -0.493 e. The summed E-state index contributed by atoms with van der Waals surface area (Å²) in [5.74, 6) is 1.54. The number of Topliss-reactive ketones (excluding diaryl/α,β-unsaturated/α-hetero) is 1. The quantitative estimate of drug-likeness (QED) is 0.631. The van der Waals surface area contributed by atoms with Gasteiger partial charge in [-0.15, -0.1) is 0 Å². The number of aliphatic hydroxyl groups is 1. The van der Waals surface area contributed by atoms with Gasteiger partial charge in [-0.25, -0.2) is 5.26 Å². The molecule has 26 heavy (non-hydrogen) atoms. The van der Waals surface area contributed by atoms with Gasteiger partial charge in [0.15, 0.2) is 5.75 Å². The van der Waals surface area contributed by atoms with Crippen molar-refractivity contribution in [3.8, 4) is 11.5 Å². The topological polar surface area (TPSA) is 79.2 Å². The fourth-order valence-corrected chi connectivity index (χ4v) is 3.76. The first kappa shape index (κ1) is 22.4. The maximum absolute atomic E-state index is 11.3. The predicted molar refractivity (Wildman–Crippen MR) is 102 cm³/mol. The molecule has 1 aliphatic heterocycles. The molecule has 2 aliphatic rings. The second-order valence-electron chi connectivity index (χ2n) is 6.59. The monoisotopic (exact) mass is 367 g/mol. The number of rotatable bonds is 3. The van der Waals surface area contributed by atoms with Crippen molar-refractivity contribution in [1.29, 1.82) is 0 Å². The number of likely N-dealkylation sites (tertiary alicyclic amines) is 1. The Balaban J connectivity index is 0.000000249. The Morgan fingerprint density at radius 2 is 1.81 bits per heavy atom. The maximum atomic E-state index is 11.3. The van der Waals surface area contributed by atoms with Crippen molar-refractivity contribution in [2.75, 3.05) is 20.7 Å². The standard InChI is InChI=1S/C11H19NO2.C7H8O3.C2H6/c1-7(13)9-5-8-3-4-12(2)10(8)6-11(9)14;1-9-6-4-2-3-5-7(6)10-8;1-2/h8-11,14H,3-6H2,1-2H3;2-5,8H,1H3;1-2H3/t8?,9-,10?,11?;;/m0../s1. The van der Waals surface area contributed by atoms with Crippen molar-refractivity contribution in [3.63, 3.8) is 0 Å². The lowest BCUT2D eigenvalue weighted by atomic mass is 9.75. The van der Waals surface area contributed by atoms with Crippen molar-refractivity contribution in [1.82, 2.24) is 4.90 Å². The number of hydrogen-bond acceptors (Lipinski definition) is 6. The minimum absolute atomic E-state index is 0.0947. The lowest BCUT2D eigenvalue weighted by molar-refractivity contribution is -0.139. The summed E-state index contributed by atoms with van der Waals surface area (Å²) in [6.07, 6.45) is 2.46. The molecule has 1 aliphatic carbocycles. The first-order chi connectivity index (χ1) is 12.5. The molecule has 2 fully saturated rings. The Bertz CT molecular complexity index is 528. The molecule has 1 aromatic carbocycles. The van der Waals surface area contributed by atoms with Gasteiger partial charge in [-0.1, -0.05) is 26.0 Å². The molecule has 2 N–H and O–H groups in total. The first-order valence-electron chi connectivity index (χ1n) is 9.31. The van der Waals surface area contributed by atoms with Gasteiger partial charge in [0.2, 0.25) is 5.75 Å². The zero-order chi connectivity index (χ0) is 19.7. The van der Waals surface area contributed by atoms with Crippen LogP contribution in [0.4, 0.5) is 0 Å². The molecular weight excluding hydrogens is 334 g/mol. The SMILES string of the molecule is CC.CC(=O)[C@@H]1CC2CCN(C)C2CC1O.COc1ccccc1OO. The Kier molecular flexibility index (Phi) is 9.62. The number of para-hydroxylation sites is 2. The van der Waals surface area contributed by atoms with Crippen LogP contribution in [0.2, 0.25) is 0 Å². The van der Waals surface area contributed by atoms with Gasteiger partial charge in [0.05, 0.1) is 13.2 Å². The number of methoxy groups -OCH3 is 1. The molecule has 0 radical (unpaired) electrons. The zero-order valence-electron chi connectivity index (χ0n) is 16.5. The van der Waals surface area contributed by atoms with Gasteiger partial charge in [0, 0.05) is 12.0 Å². The van der Waals surface area contributed by atoms with Gasteiger partial charge in [-0.2, -0.15) is 0 Å². The summed E-state index contributed by atoms with van der Waals surface area (Å²) >= 11 is 0. The minimum atomic E-state index is -0.408. The summed E-state index contributed by atoms with van der Waals surface area (Å²) in [4.78, 5) is 17.6. The highest BCUT2D eigenvalue weighted by atomic mass is 17.1. The summed E-state index contributed by atoms with van der Waals surface area (Å²) in [5, 5.41) is 18.1. The van der Waals surface area contributed by atoms with Crippen LogP contribution in [0.5, 0.6) is 11.5 Å². The van der Waals surface area contributed by atoms with Gasteiger partial charge in [-0.05, 0) is 57.8 Å². The van der Waals surface area contributed by atoms with Gasteiger partial charge in [-0.3, -0.25) is 4.79 Å². The van der Waals surface area contributed by atoms with Crippen LogP contribution in [0.15, 0.2) is 24.3 Å². The molecule has 6 heteroatoms. The van der Waals surface area contributed by atoms with Crippen LogP contribution < -0.4 is 9.62 Å². The third-order valence-corrected chi connectivity index (χ3v) is 5.16. The summed E-state index contributed by atoms with van der Waals surface area (Å²) < 4.78 is 4.85. The summed E-state index contributed by atoms with van der Waals surface area (Å²) in [5.41, 5.74) is 0. The Hall–Kier alpha value is -1.63. The summed E-state index contributed by atoms with van der Waals surface area (Å²) in [6, 6.07) is 7.36. The maximum Gasteiger partial charge on any atom is 0.206 e. The number of carbonyl (C=O) groups excluding carboxylic acids is 1. The molecule has 3 rings (SSSR count). The van der Waals surface area contributed by atoms with E-state index < -0.39 is 6.10 Å². The third-order valence-electron chi connectivity index (χ3n) is 5.16. The average Bonchev–Trinajstić information content (AvgIpc) is 3.03. The van der Waals surface area contributed by atoms with Gasteiger partial charge >= 0.3 is 0 Å². The fraction of sp³-hybridized carbons (Fsp3) is 0.650. The molecular formula is C20H33NO5. The number of benzene rings is 1. The molecule has 1 saturated heterocycles. The average molecular weight is 367 g/mol. The number of ether oxygens (including phenoxy) is 1. The molecule has 1 saturated carbocycles. The fourth-order valence-electron chi connectivity index (χ4n) is 3.76. The van der Waals surface area contributed by atoms with E-state index in [1.807, 2.05) is 13.8 Å². The van der Waals surface area contributed by atoms with E-state index in [-0.39, 0.29) is 11.7 Å². The lowest BCUT2D eigenvalue weighted by Crippen LogP contribution is -2.43. The molecule has 0 spiro atoms. The molecule has 0 aromatic heterocycles. The molecule has 1 heterocycles. The van der Waals surface area contributed by atoms with Crippen molar-refractivity contribution >= 4 is 5.78 Å². The highest BCUT2D eigenvalue weighted by molar-refractivity contribution is 5.79. The molecule has 148 valence electrons. The van der Waals surface area contributed by atoms with Gasteiger partial charge < -0.3 is 19.6 Å². The second kappa shape index (κ2) is 11.2. The molecule has 1 aromatic rings. The van der Waals surface area contributed by atoms with E-state index in [1.165, 1.54) is 13.5 Å². The van der Waals surface area contributed by atoms with Crippen LogP contribution in [-0.2, 0) is 4.79 Å². The van der Waals surface area contributed by atoms with E-state index in [9.17, 15) is 9.90 Å². The number of hydrogen-bond donors (Lipinski definition) is 2. The van der Waals surface area contributed by atoms with Crippen LogP contribution >= 0.6 is 0 Å². The molecule has 3 unspecified atom stereocenters. The van der Waals surface area contributed by atoms with E-state index in [0.717, 1.165) is 19.4 Å². The zero-order valence-corrected chi connectivity index (χ0v) is 16.5. The van der Waals surface area contributed by atoms with Crippen LogP contribution in [0.25, 0.3) is 0 Å².